The quantitative estimate of drug-likeness (QED) is 0.606. The molecule has 0 heterocycles. The summed E-state index contributed by atoms with van der Waals surface area (Å²) in [5.41, 5.74) is 5.54. The largest absolute Gasteiger partial charge is 0.466 e. The molecule has 0 aliphatic rings. The van der Waals surface area contributed by atoms with Gasteiger partial charge in [0.05, 0.1) is 7.11 Å². The van der Waals surface area contributed by atoms with E-state index in [1.54, 1.807) is 6.08 Å². The van der Waals surface area contributed by atoms with Crippen LogP contribution in [0, 0.1) is 0 Å². The Morgan fingerprint density at radius 2 is 1.52 bits per heavy atom. The molecule has 0 saturated carbocycles. The van der Waals surface area contributed by atoms with Crippen LogP contribution in [-0.4, -0.2) is 27.2 Å². The number of hydrogen-bond acceptors (Lipinski definition) is 3. The number of hydrogen-bond donors (Lipinski definition) is 0. The Hall–Kier alpha value is -2.55. The molecule has 0 spiro atoms. The molecule has 0 atom stereocenters. The van der Waals surface area contributed by atoms with Crippen molar-refractivity contribution in [3.8, 4) is 11.1 Å². The summed E-state index contributed by atoms with van der Waals surface area (Å²) >= 11 is 0. The molecule has 0 saturated heterocycles. The van der Waals surface area contributed by atoms with Gasteiger partial charge in [-0.25, -0.2) is 4.79 Å². The number of carbonyl (C=O) groups is 1. The maximum absolute atomic E-state index is 11.4. The van der Waals surface area contributed by atoms with E-state index in [0.29, 0.717) is 0 Å². The molecule has 0 bridgehead atoms. The first-order chi connectivity index (χ1) is 11.0. The Bertz CT molecular complexity index is 683. The summed E-state index contributed by atoms with van der Waals surface area (Å²) in [6, 6.07) is 16.7. The van der Waals surface area contributed by atoms with Gasteiger partial charge in [0.1, 0.15) is 0 Å². The molecule has 0 aliphatic heterocycles. The second-order valence-electron chi connectivity index (χ2n) is 5.56. The maximum atomic E-state index is 11.4. The zero-order chi connectivity index (χ0) is 16.8. The summed E-state index contributed by atoms with van der Waals surface area (Å²) in [7, 11) is 5.46. The van der Waals surface area contributed by atoms with E-state index < -0.39 is 0 Å². The number of ether oxygens (including phenoxy) is 1. The summed E-state index contributed by atoms with van der Waals surface area (Å²) in [6.45, 7) is 2.03. The predicted octanol–water partition coefficient (Wildman–Crippen LogP) is 4.39. The third-order valence-electron chi connectivity index (χ3n) is 3.85. The van der Waals surface area contributed by atoms with Crippen LogP contribution in [0.1, 0.15) is 18.9 Å². The fourth-order valence-electron chi connectivity index (χ4n) is 2.42. The first-order valence-electron chi connectivity index (χ1n) is 7.72. The van der Waals surface area contributed by atoms with E-state index in [1.807, 2.05) is 33.2 Å². The first-order valence-corrected chi connectivity index (χ1v) is 7.72. The highest BCUT2D eigenvalue weighted by molar-refractivity contribution is 5.91. The van der Waals surface area contributed by atoms with Crippen LogP contribution < -0.4 is 4.90 Å². The van der Waals surface area contributed by atoms with Crippen molar-refractivity contribution in [2.75, 3.05) is 26.1 Å². The highest BCUT2D eigenvalue weighted by atomic mass is 16.5. The lowest BCUT2D eigenvalue weighted by atomic mass is 9.98. The molecule has 23 heavy (non-hydrogen) atoms. The number of allylic oxidation sites excluding steroid dienone is 1. The summed E-state index contributed by atoms with van der Waals surface area (Å²) in [6.07, 6.45) is 2.34. The molecule has 0 amide bonds. The van der Waals surface area contributed by atoms with Gasteiger partial charge in [0, 0.05) is 25.9 Å². The zero-order valence-electron chi connectivity index (χ0n) is 14.2. The Morgan fingerprint density at radius 3 is 1.96 bits per heavy atom. The molecule has 3 nitrogen and oxygen atoms in total. The monoisotopic (exact) mass is 309 g/mol. The van der Waals surface area contributed by atoms with Crippen LogP contribution in [0.2, 0.25) is 0 Å². The fraction of sp³-hybridized carbons (Fsp3) is 0.250. The maximum Gasteiger partial charge on any atom is 0.330 e. The molecule has 0 aliphatic carbocycles. The van der Waals surface area contributed by atoms with Crippen molar-refractivity contribution in [3.63, 3.8) is 0 Å². The fourth-order valence-corrected chi connectivity index (χ4v) is 2.42. The molecular formula is C20H23NO2. The van der Waals surface area contributed by atoms with Crippen LogP contribution in [0.4, 0.5) is 5.69 Å². The van der Waals surface area contributed by atoms with Gasteiger partial charge in [-0.15, -0.1) is 0 Å². The Morgan fingerprint density at radius 1 is 1.00 bits per heavy atom. The van der Waals surface area contributed by atoms with E-state index in [2.05, 4.69) is 41.3 Å². The van der Waals surface area contributed by atoms with Gasteiger partial charge in [-0.3, -0.25) is 0 Å². The van der Waals surface area contributed by atoms with Crippen LogP contribution in [0.15, 0.2) is 54.6 Å². The highest BCUT2D eigenvalue weighted by Crippen LogP contribution is 2.25. The molecule has 0 unspecified atom stereocenters. The van der Waals surface area contributed by atoms with Crippen molar-refractivity contribution in [1.29, 1.82) is 0 Å². The average molecular weight is 309 g/mol. The van der Waals surface area contributed by atoms with Gasteiger partial charge in [-0.1, -0.05) is 43.3 Å². The first kappa shape index (κ1) is 16.8. The number of rotatable bonds is 5. The Balaban J connectivity index is 2.25. The summed E-state index contributed by atoms with van der Waals surface area (Å²) in [5.74, 6) is -0.315. The average Bonchev–Trinajstić information content (AvgIpc) is 2.59. The van der Waals surface area contributed by atoms with Crippen molar-refractivity contribution in [2.24, 2.45) is 0 Å². The smallest absolute Gasteiger partial charge is 0.330 e. The predicted molar refractivity (Wildman–Crippen MR) is 96.5 cm³/mol. The van der Waals surface area contributed by atoms with Crippen molar-refractivity contribution < 1.29 is 9.53 Å². The van der Waals surface area contributed by atoms with Crippen LogP contribution in [0.5, 0.6) is 0 Å². The molecule has 0 aromatic heterocycles. The van der Waals surface area contributed by atoms with Gasteiger partial charge < -0.3 is 9.64 Å². The SMILES string of the molecule is CC/C(=C\C(=O)OC)c1ccc(-c2ccc(N(C)C)cc2)cc1. The van der Waals surface area contributed by atoms with E-state index in [9.17, 15) is 4.79 Å². The minimum Gasteiger partial charge on any atom is -0.466 e. The summed E-state index contributed by atoms with van der Waals surface area (Å²) in [5, 5.41) is 0. The highest BCUT2D eigenvalue weighted by Gasteiger charge is 2.05. The zero-order valence-corrected chi connectivity index (χ0v) is 14.2. The topological polar surface area (TPSA) is 29.5 Å². The third kappa shape index (κ3) is 4.22. The number of benzene rings is 2. The lowest BCUT2D eigenvalue weighted by Crippen LogP contribution is -2.07. The second-order valence-corrected chi connectivity index (χ2v) is 5.56. The minimum absolute atomic E-state index is 0.315. The van der Waals surface area contributed by atoms with E-state index in [4.69, 9.17) is 4.74 Å². The van der Waals surface area contributed by atoms with E-state index in [0.717, 1.165) is 23.1 Å². The number of esters is 1. The van der Waals surface area contributed by atoms with E-state index >= 15 is 0 Å². The summed E-state index contributed by atoms with van der Waals surface area (Å²) < 4.78 is 4.71. The standard InChI is InChI=1S/C20H23NO2/c1-5-15(14-20(22)23-4)16-6-8-17(9-7-16)18-10-12-19(13-11-18)21(2)3/h6-14H,5H2,1-4H3/b15-14+. The number of anilines is 1. The number of nitrogens with zero attached hydrogens (tertiary/aromatic N) is 1. The summed E-state index contributed by atoms with van der Waals surface area (Å²) in [4.78, 5) is 13.5. The van der Waals surface area contributed by atoms with E-state index in [1.165, 1.54) is 18.4 Å². The van der Waals surface area contributed by atoms with Gasteiger partial charge in [0.15, 0.2) is 0 Å². The van der Waals surface area contributed by atoms with Crippen molar-refractivity contribution >= 4 is 17.2 Å². The molecule has 120 valence electrons. The molecular weight excluding hydrogens is 286 g/mol. The van der Waals surface area contributed by atoms with Crippen LogP contribution in [0.25, 0.3) is 16.7 Å². The third-order valence-corrected chi connectivity index (χ3v) is 3.85. The number of carbonyl (C=O) groups excluding carboxylic acids is 1. The van der Waals surface area contributed by atoms with Gasteiger partial charge in [0.25, 0.3) is 0 Å². The molecule has 0 fully saturated rings. The molecule has 0 radical (unpaired) electrons. The number of methoxy groups -OCH3 is 1. The molecule has 3 heteroatoms. The van der Waals surface area contributed by atoms with Crippen molar-refractivity contribution in [3.05, 3.63) is 60.2 Å². The van der Waals surface area contributed by atoms with Crippen LogP contribution in [-0.2, 0) is 9.53 Å². The van der Waals surface area contributed by atoms with Crippen LogP contribution in [0.3, 0.4) is 0 Å². The Labute approximate surface area is 138 Å². The van der Waals surface area contributed by atoms with E-state index in [-0.39, 0.29) is 5.97 Å². The molecule has 0 N–H and O–H groups in total. The lowest BCUT2D eigenvalue weighted by Gasteiger charge is -2.13. The Kier molecular flexibility index (Phi) is 5.58. The molecule has 2 aromatic rings. The van der Waals surface area contributed by atoms with Gasteiger partial charge in [0.2, 0.25) is 0 Å². The van der Waals surface area contributed by atoms with Crippen molar-refractivity contribution in [2.45, 2.75) is 13.3 Å². The normalized spacial score (nSPS) is 11.2. The molecule has 2 rings (SSSR count). The molecule has 2 aromatic carbocycles. The minimum atomic E-state index is -0.315. The van der Waals surface area contributed by atoms with Crippen molar-refractivity contribution in [1.82, 2.24) is 0 Å². The van der Waals surface area contributed by atoms with Gasteiger partial charge in [-0.05, 0) is 40.8 Å². The van der Waals surface area contributed by atoms with Gasteiger partial charge >= 0.3 is 5.97 Å². The van der Waals surface area contributed by atoms with Gasteiger partial charge in [-0.2, -0.15) is 0 Å². The van der Waals surface area contributed by atoms with Crippen LogP contribution >= 0.6 is 0 Å². The second kappa shape index (κ2) is 7.63. The lowest BCUT2D eigenvalue weighted by molar-refractivity contribution is -0.134.